The lowest BCUT2D eigenvalue weighted by Crippen LogP contribution is -2.38. The van der Waals surface area contributed by atoms with E-state index in [2.05, 4.69) is 0 Å². The van der Waals surface area contributed by atoms with Gasteiger partial charge in [0.05, 0.1) is 0 Å². The molecule has 0 aromatic heterocycles. The summed E-state index contributed by atoms with van der Waals surface area (Å²) in [5.74, 6) is -0.531. The first kappa shape index (κ1) is 11.1. The van der Waals surface area contributed by atoms with Gasteiger partial charge in [0.1, 0.15) is 5.25 Å². The van der Waals surface area contributed by atoms with E-state index in [0.29, 0.717) is 6.42 Å². The molecule has 2 unspecified atom stereocenters. The second kappa shape index (κ2) is 2.63. The van der Waals surface area contributed by atoms with Crippen molar-refractivity contribution in [3.05, 3.63) is 0 Å². The van der Waals surface area contributed by atoms with Crippen LogP contribution in [-0.4, -0.2) is 24.0 Å². The van der Waals surface area contributed by atoms with Gasteiger partial charge in [0.25, 0.3) is 10.1 Å². The number of hydrogen-bond acceptors (Lipinski definition) is 3. The summed E-state index contributed by atoms with van der Waals surface area (Å²) in [4.78, 5) is 12.0. The summed E-state index contributed by atoms with van der Waals surface area (Å²) in [6.07, 6.45) is 1.44. The Morgan fingerprint density at radius 1 is 1.33 bits per heavy atom. The highest BCUT2D eigenvalue weighted by atomic mass is 32.2. The lowest BCUT2D eigenvalue weighted by atomic mass is 9.70. The van der Waals surface area contributed by atoms with E-state index in [1.54, 1.807) is 0 Å². The van der Waals surface area contributed by atoms with Crippen LogP contribution in [0.25, 0.3) is 0 Å². The molecule has 5 heteroatoms. The maximum Gasteiger partial charge on any atom is 0.275 e. The fourth-order valence-corrected chi connectivity index (χ4v) is 4.77. The third-order valence-electron chi connectivity index (χ3n) is 4.79. The first-order valence-corrected chi connectivity index (χ1v) is 6.63. The van der Waals surface area contributed by atoms with Crippen molar-refractivity contribution in [1.29, 1.82) is 0 Å². The van der Waals surface area contributed by atoms with Gasteiger partial charge in [0.15, 0.2) is 5.78 Å². The molecule has 0 spiro atoms. The Hall–Kier alpha value is -0.420. The third-order valence-corrected chi connectivity index (χ3v) is 5.98. The smallest absolute Gasteiger partial charge is 0.275 e. The van der Waals surface area contributed by atoms with Crippen LogP contribution < -0.4 is 0 Å². The summed E-state index contributed by atoms with van der Waals surface area (Å²) in [5, 5.41) is -1.19. The van der Waals surface area contributed by atoms with Gasteiger partial charge in [-0.15, -0.1) is 0 Å². The van der Waals surface area contributed by atoms with E-state index in [9.17, 15) is 13.2 Å². The van der Waals surface area contributed by atoms with Crippen LogP contribution in [0.5, 0.6) is 0 Å². The number of ketones is 1. The number of rotatable bonds is 1. The monoisotopic (exact) mass is 232 g/mol. The van der Waals surface area contributed by atoms with E-state index in [1.807, 2.05) is 20.8 Å². The Kier molecular flexibility index (Phi) is 1.94. The highest BCUT2D eigenvalue weighted by Crippen LogP contribution is 2.64. The van der Waals surface area contributed by atoms with E-state index in [0.717, 1.165) is 6.42 Å². The second-order valence-corrected chi connectivity index (χ2v) is 7.04. The molecule has 2 saturated carbocycles. The molecule has 86 valence electrons. The van der Waals surface area contributed by atoms with Crippen molar-refractivity contribution in [2.24, 2.45) is 16.7 Å². The van der Waals surface area contributed by atoms with Gasteiger partial charge in [0.2, 0.25) is 0 Å². The fourth-order valence-electron chi connectivity index (χ4n) is 3.35. The highest BCUT2D eigenvalue weighted by Gasteiger charge is 2.69. The van der Waals surface area contributed by atoms with Crippen LogP contribution >= 0.6 is 0 Å². The Morgan fingerprint density at radius 2 is 1.87 bits per heavy atom. The van der Waals surface area contributed by atoms with Crippen molar-refractivity contribution in [3.63, 3.8) is 0 Å². The van der Waals surface area contributed by atoms with Crippen LogP contribution in [-0.2, 0) is 14.9 Å². The van der Waals surface area contributed by atoms with Crippen LogP contribution in [0.2, 0.25) is 0 Å². The predicted octanol–water partition coefficient (Wildman–Crippen LogP) is 1.27. The van der Waals surface area contributed by atoms with E-state index in [4.69, 9.17) is 4.55 Å². The lowest BCUT2D eigenvalue weighted by molar-refractivity contribution is -0.128. The van der Waals surface area contributed by atoms with Gasteiger partial charge in [-0.05, 0) is 24.2 Å². The van der Waals surface area contributed by atoms with Crippen molar-refractivity contribution >= 4 is 15.9 Å². The molecule has 2 fully saturated rings. The molecule has 3 atom stereocenters. The van der Waals surface area contributed by atoms with Gasteiger partial charge in [-0.1, -0.05) is 20.8 Å². The van der Waals surface area contributed by atoms with Crippen LogP contribution in [0.1, 0.15) is 33.6 Å². The molecule has 0 amide bonds. The normalized spacial score (nSPS) is 43.6. The van der Waals surface area contributed by atoms with Crippen LogP contribution in [0.4, 0.5) is 0 Å². The van der Waals surface area contributed by atoms with Crippen molar-refractivity contribution in [3.8, 4) is 0 Å². The molecule has 2 rings (SSSR count). The van der Waals surface area contributed by atoms with E-state index >= 15 is 0 Å². The summed E-state index contributed by atoms with van der Waals surface area (Å²) in [6, 6.07) is 0. The summed E-state index contributed by atoms with van der Waals surface area (Å²) in [6.45, 7) is 5.67. The van der Waals surface area contributed by atoms with Crippen LogP contribution in [0.3, 0.4) is 0 Å². The zero-order valence-electron chi connectivity index (χ0n) is 9.15. The second-order valence-electron chi connectivity index (χ2n) is 5.50. The van der Waals surface area contributed by atoms with Crippen molar-refractivity contribution in [2.45, 2.75) is 38.9 Å². The molecule has 1 N–H and O–H groups in total. The van der Waals surface area contributed by atoms with E-state index < -0.39 is 20.8 Å². The molecular formula is C10H16O4S. The molecule has 0 aromatic rings. The molecular weight excluding hydrogens is 216 g/mol. The van der Waals surface area contributed by atoms with Crippen molar-refractivity contribution < 1.29 is 17.8 Å². The van der Waals surface area contributed by atoms with Crippen LogP contribution in [0, 0.1) is 16.7 Å². The molecule has 2 aliphatic rings. The molecule has 2 aliphatic carbocycles. The van der Waals surface area contributed by atoms with Gasteiger partial charge in [0, 0.05) is 5.41 Å². The molecule has 2 bridgehead atoms. The SMILES string of the molecule is CC1(C)C2CC[C@]1(C)C(=O)C2S(=O)(=O)O. The van der Waals surface area contributed by atoms with E-state index in [1.165, 1.54) is 0 Å². The number of hydrogen-bond donors (Lipinski definition) is 1. The minimum Gasteiger partial charge on any atom is -0.297 e. The minimum atomic E-state index is -4.24. The summed E-state index contributed by atoms with van der Waals surface area (Å²) in [7, 11) is -4.24. The summed E-state index contributed by atoms with van der Waals surface area (Å²) < 4.78 is 31.5. The quantitative estimate of drug-likeness (QED) is 0.691. The van der Waals surface area contributed by atoms with Gasteiger partial charge >= 0.3 is 0 Å². The minimum absolute atomic E-state index is 0.231. The zero-order chi connectivity index (χ0) is 11.6. The molecule has 0 radical (unpaired) electrons. The van der Waals surface area contributed by atoms with Crippen molar-refractivity contribution in [2.75, 3.05) is 0 Å². The molecule has 0 aliphatic heterocycles. The zero-order valence-corrected chi connectivity index (χ0v) is 9.97. The number of fused-ring (bicyclic) bond motifs is 2. The van der Waals surface area contributed by atoms with Gasteiger partial charge in [-0.25, -0.2) is 0 Å². The molecule has 0 saturated heterocycles. The Bertz CT molecular complexity index is 423. The van der Waals surface area contributed by atoms with Crippen molar-refractivity contribution in [1.82, 2.24) is 0 Å². The first-order chi connectivity index (χ1) is 6.62. The molecule has 0 aromatic carbocycles. The van der Waals surface area contributed by atoms with Gasteiger partial charge < -0.3 is 0 Å². The van der Waals surface area contributed by atoms with Gasteiger partial charge in [-0.2, -0.15) is 8.42 Å². The maximum atomic E-state index is 12.0. The van der Waals surface area contributed by atoms with Crippen LogP contribution in [0.15, 0.2) is 0 Å². The average Bonchev–Trinajstić information content (AvgIpc) is 2.33. The maximum absolute atomic E-state index is 12.0. The number of Topliss-reactive ketones (excluding diaryl/α,β-unsaturated/α-hetero) is 1. The molecule has 4 nitrogen and oxygen atoms in total. The third kappa shape index (κ3) is 1.11. The molecule has 15 heavy (non-hydrogen) atoms. The average molecular weight is 232 g/mol. The molecule has 0 heterocycles. The summed E-state index contributed by atoms with van der Waals surface area (Å²) >= 11 is 0. The standard InChI is InChI=1S/C10H16O4S/c1-9(2)6-4-5-10(9,3)8(11)7(6)15(12,13)14/h6-7H,4-5H2,1-3H3,(H,12,13,14)/t6?,7?,10-/m1/s1. The highest BCUT2D eigenvalue weighted by molar-refractivity contribution is 7.87. The predicted molar refractivity (Wildman–Crippen MR) is 55.0 cm³/mol. The topological polar surface area (TPSA) is 71.4 Å². The lowest BCUT2D eigenvalue weighted by Gasteiger charge is -2.32. The summed E-state index contributed by atoms with van der Waals surface area (Å²) in [5.41, 5.74) is -0.914. The fraction of sp³-hybridized carbons (Fsp3) is 0.900. The number of carbonyl (C=O) groups is 1. The first-order valence-electron chi connectivity index (χ1n) is 5.13. The Morgan fingerprint density at radius 3 is 2.13 bits per heavy atom. The Labute approximate surface area is 89.8 Å². The van der Waals surface area contributed by atoms with E-state index in [-0.39, 0.29) is 17.1 Å². The Balaban J connectivity index is 2.57. The van der Waals surface area contributed by atoms with Gasteiger partial charge in [-0.3, -0.25) is 9.35 Å². The number of carbonyl (C=O) groups excluding carboxylic acids is 1. The largest absolute Gasteiger partial charge is 0.297 e.